The molecular weight excluding hydrogens is 144 g/mol. The van der Waals surface area contributed by atoms with E-state index in [1.807, 2.05) is 0 Å². The molecule has 66 valence electrons. The zero-order valence-corrected chi connectivity index (χ0v) is 7.18. The SMILES string of the molecule is CCCC.Cc1noc(=O)[nH]1.[HH]. The van der Waals surface area contributed by atoms with Crippen molar-refractivity contribution in [2.45, 2.75) is 33.6 Å². The molecule has 0 aliphatic heterocycles. The van der Waals surface area contributed by atoms with Crippen LogP contribution in [-0.4, -0.2) is 10.1 Å². The number of nitrogens with zero attached hydrogens (tertiary/aromatic N) is 1. The van der Waals surface area contributed by atoms with Crippen LogP contribution in [0.3, 0.4) is 0 Å². The number of hydrogen-bond donors (Lipinski definition) is 1. The number of aromatic amines is 1. The number of hydrogen-bond acceptors (Lipinski definition) is 3. The maximum atomic E-state index is 10.0. The molecule has 0 saturated heterocycles. The molecule has 0 saturated carbocycles. The fourth-order valence-electron chi connectivity index (χ4n) is 0.303. The first-order valence-corrected chi connectivity index (χ1v) is 3.73. The molecule has 1 aromatic heterocycles. The molecule has 0 spiro atoms. The first-order valence-electron chi connectivity index (χ1n) is 3.73. The second-order valence-electron chi connectivity index (χ2n) is 2.18. The fraction of sp³-hybridized carbons (Fsp3) is 0.714. The van der Waals surface area contributed by atoms with Crippen LogP contribution in [0.5, 0.6) is 0 Å². The quantitative estimate of drug-likeness (QED) is 0.680. The summed E-state index contributed by atoms with van der Waals surface area (Å²) in [6.45, 7) is 6.00. The zero-order chi connectivity index (χ0) is 8.69. The van der Waals surface area contributed by atoms with Gasteiger partial charge in [-0.05, 0) is 6.92 Å². The van der Waals surface area contributed by atoms with Gasteiger partial charge in [0.1, 0.15) is 5.82 Å². The molecule has 0 radical (unpaired) electrons. The molecule has 0 bridgehead atoms. The smallest absolute Gasteiger partial charge is 0.296 e. The summed E-state index contributed by atoms with van der Waals surface area (Å²) in [6.07, 6.45) is 2.64. The molecule has 4 nitrogen and oxygen atoms in total. The lowest BCUT2D eigenvalue weighted by Gasteiger charge is -1.68. The Bertz CT molecular complexity index is 229. The van der Waals surface area contributed by atoms with Gasteiger partial charge in [0.05, 0.1) is 0 Å². The average Bonchev–Trinajstić information content (AvgIpc) is 2.35. The molecule has 1 N–H and O–H groups in total. The minimum atomic E-state index is -0.502. The molecule has 0 aliphatic rings. The van der Waals surface area contributed by atoms with E-state index < -0.39 is 5.76 Å². The van der Waals surface area contributed by atoms with Crippen molar-refractivity contribution in [1.29, 1.82) is 0 Å². The van der Waals surface area contributed by atoms with E-state index in [2.05, 4.69) is 28.5 Å². The molecule has 1 rings (SSSR count). The zero-order valence-electron chi connectivity index (χ0n) is 7.18. The Balaban J connectivity index is 0. The summed E-state index contributed by atoms with van der Waals surface area (Å²) in [4.78, 5) is 12.3. The van der Waals surface area contributed by atoms with Gasteiger partial charge in [-0.15, -0.1) is 0 Å². The van der Waals surface area contributed by atoms with Crippen LogP contribution in [0.1, 0.15) is 33.9 Å². The molecular formula is C7H16N2O2. The summed E-state index contributed by atoms with van der Waals surface area (Å²) >= 11 is 0. The van der Waals surface area contributed by atoms with Crippen molar-refractivity contribution in [3.8, 4) is 0 Å². The van der Waals surface area contributed by atoms with Crippen molar-refractivity contribution in [3.63, 3.8) is 0 Å². The highest BCUT2D eigenvalue weighted by atomic mass is 16.5. The van der Waals surface area contributed by atoms with Gasteiger partial charge in [-0.3, -0.25) is 9.51 Å². The topological polar surface area (TPSA) is 58.9 Å². The Kier molecular flexibility index (Phi) is 5.15. The van der Waals surface area contributed by atoms with Crippen LogP contribution in [-0.2, 0) is 0 Å². The summed E-state index contributed by atoms with van der Waals surface area (Å²) in [6, 6.07) is 0. The number of H-pyrrole nitrogens is 1. The normalized spacial score (nSPS) is 8.64. The van der Waals surface area contributed by atoms with Crippen molar-refractivity contribution >= 4 is 0 Å². The van der Waals surface area contributed by atoms with Crippen LogP contribution in [0.25, 0.3) is 0 Å². The summed E-state index contributed by atoms with van der Waals surface area (Å²) < 4.78 is 4.10. The van der Waals surface area contributed by atoms with E-state index in [0.29, 0.717) is 5.82 Å². The van der Waals surface area contributed by atoms with Crippen molar-refractivity contribution in [1.82, 2.24) is 10.1 Å². The first kappa shape index (κ1) is 9.94. The van der Waals surface area contributed by atoms with Crippen molar-refractivity contribution in [2.75, 3.05) is 0 Å². The lowest BCUT2D eigenvalue weighted by molar-refractivity contribution is 0.383. The largest absolute Gasteiger partial charge is 0.438 e. The lowest BCUT2D eigenvalue weighted by atomic mass is 10.4. The number of aryl methyl sites for hydroxylation is 1. The van der Waals surface area contributed by atoms with Crippen LogP contribution >= 0.6 is 0 Å². The van der Waals surface area contributed by atoms with E-state index in [0.717, 1.165) is 0 Å². The van der Waals surface area contributed by atoms with Crippen molar-refractivity contribution in [2.24, 2.45) is 0 Å². The Labute approximate surface area is 67.1 Å². The highest BCUT2D eigenvalue weighted by Crippen LogP contribution is 1.76. The average molecular weight is 160 g/mol. The molecule has 4 heteroatoms. The fourth-order valence-corrected chi connectivity index (χ4v) is 0.303. The highest BCUT2D eigenvalue weighted by Gasteiger charge is 1.86. The molecule has 0 fully saturated rings. The number of aromatic nitrogens is 2. The minimum absolute atomic E-state index is 0. The minimum Gasteiger partial charge on any atom is -0.296 e. The molecule has 0 unspecified atom stereocenters. The highest BCUT2D eigenvalue weighted by molar-refractivity contribution is 4.68. The van der Waals surface area contributed by atoms with Gasteiger partial charge in [-0.25, -0.2) is 4.79 Å². The third kappa shape index (κ3) is 5.39. The van der Waals surface area contributed by atoms with Crippen molar-refractivity contribution in [3.05, 3.63) is 16.4 Å². The Morgan fingerprint density at radius 3 is 2.18 bits per heavy atom. The van der Waals surface area contributed by atoms with E-state index in [9.17, 15) is 4.79 Å². The monoisotopic (exact) mass is 160 g/mol. The predicted octanol–water partition coefficient (Wildman–Crippen LogP) is 1.72. The van der Waals surface area contributed by atoms with E-state index in [1.54, 1.807) is 6.92 Å². The van der Waals surface area contributed by atoms with Crippen LogP contribution in [0.4, 0.5) is 0 Å². The summed E-state index contributed by atoms with van der Waals surface area (Å²) in [5.74, 6) is 0.00231. The molecule has 1 heterocycles. The van der Waals surface area contributed by atoms with Gasteiger partial charge in [-0.2, -0.15) is 0 Å². The maximum Gasteiger partial charge on any atom is 0.438 e. The van der Waals surface area contributed by atoms with Gasteiger partial charge in [-0.1, -0.05) is 31.8 Å². The van der Waals surface area contributed by atoms with Gasteiger partial charge in [0.25, 0.3) is 0 Å². The Morgan fingerprint density at radius 1 is 1.55 bits per heavy atom. The van der Waals surface area contributed by atoms with Gasteiger partial charge in [0, 0.05) is 1.43 Å². The van der Waals surface area contributed by atoms with Crippen LogP contribution in [0.15, 0.2) is 9.32 Å². The maximum absolute atomic E-state index is 10.0. The van der Waals surface area contributed by atoms with Gasteiger partial charge >= 0.3 is 5.76 Å². The second-order valence-corrected chi connectivity index (χ2v) is 2.18. The van der Waals surface area contributed by atoms with Crippen LogP contribution < -0.4 is 5.76 Å². The van der Waals surface area contributed by atoms with E-state index in [1.165, 1.54) is 12.8 Å². The molecule has 0 aromatic carbocycles. The molecule has 1 aromatic rings. The third-order valence-corrected chi connectivity index (χ3v) is 1.05. The Hall–Kier alpha value is -1.06. The lowest BCUT2D eigenvalue weighted by Crippen LogP contribution is -1.93. The van der Waals surface area contributed by atoms with E-state index >= 15 is 0 Å². The summed E-state index contributed by atoms with van der Waals surface area (Å²) in [7, 11) is 0. The number of nitrogens with one attached hydrogen (secondary N) is 1. The van der Waals surface area contributed by atoms with Gasteiger partial charge < -0.3 is 0 Å². The first-order chi connectivity index (χ1) is 5.20. The number of rotatable bonds is 1. The molecule has 0 aliphatic carbocycles. The Morgan fingerprint density at radius 2 is 2.09 bits per heavy atom. The summed E-state index contributed by atoms with van der Waals surface area (Å²) in [5, 5.41) is 3.27. The molecule has 0 amide bonds. The van der Waals surface area contributed by atoms with Gasteiger partial charge in [0.15, 0.2) is 0 Å². The van der Waals surface area contributed by atoms with Crippen molar-refractivity contribution < 1.29 is 5.95 Å². The van der Waals surface area contributed by atoms with Gasteiger partial charge in [0.2, 0.25) is 0 Å². The third-order valence-electron chi connectivity index (χ3n) is 1.05. The summed E-state index contributed by atoms with van der Waals surface area (Å²) in [5.41, 5.74) is 0. The van der Waals surface area contributed by atoms with E-state index in [4.69, 9.17) is 0 Å². The second kappa shape index (κ2) is 5.70. The molecule has 11 heavy (non-hydrogen) atoms. The van der Waals surface area contributed by atoms with Crippen LogP contribution in [0, 0.1) is 6.92 Å². The standard InChI is InChI=1S/C4H10.C3H4N2O2.H2/c1-3-4-2;1-2-4-3(6)7-5-2;/h3-4H2,1-2H3;1H3,(H,4,5,6);1H. The molecule has 0 atom stereocenters. The number of unbranched alkanes of at least 4 members (excludes halogenated alkanes) is 1. The van der Waals surface area contributed by atoms with E-state index in [-0.39, 0.29) is 1.43 Å². The predicted molar refractivity (Wildman–Crippen MR) is 44.6 cm³/mol. The van der Waals surface area contributed by atoms with Crippen LogP contribution in [0.2, 0.25) is 0 Å².